The fourth-order valence-corrected chi connectivity index (χ4v) is 3.63. The number of carbonyl (C=O) groups is 4. The predicted octanol–water partition coefficient (Wildman–Crippen LogP) is 3.39. The Hall–Kier alpha value is -4.40. The minimum Gasteiger partial charge on any atom is -0.497 e. The van der Waals surface area contributed by atoms with Crippen molar-refractivity contribution in [3.63, 3.8) is 0 Å². The molecular formula is C26H25NO8. The molecule has 0 aliphatic heterocycles. The molecule has 1 aliphatic rings. The van der Waals surface area contributed by atoms with Gasteiger partial charge in [-0.25, -0.2) is 0 Å². The van der Waals surface area contributed by atoms with E-state index in [0.29, 0.717) is 17.0 Å². The molecule has 0 saturated heterocycles. The number of amides is 1. The molecule has 1 amide bonds. The fourth-order valence-electron chi connectivity index (χ4n) is 3.63. The van der Waals surface area contributed by atoms with Gasteiger partial charge < -0.3 is 24.3 Å². The standard InChI is InChI=1S/C26H25NO8/c1-14-20(22(30)25(34-5)24(33-4)21(14)29)13-16-7-6-8-19(23(16)35-15(2)28)26(31)27-17-9-11-18(32-3)12-10-17/h6-12H,13H2,1-5H3,(H,27,31). The average molecular weight is 479 g/mol. The van der Waals surface area contributed by atoms with Gasteiger partial charge in [0.05, 0.1) is 26.9 Å². The number of nitrogens with one attached hydrogen (secondary N) is 1. The molecule has 0 atom stereocenters. The number of methoxy groups -OCH3 is 3. The number of hydrogen-bond donors (Lipinski definition) is 1. The molecule has 9 nitrogen and oxygen atoms in total. The molecule has 0 aromatic heterocycles. The van der Waals surface area contributed by atoms with Gasteiger partial charge in [-0.2, -0.15) is 0 Å². The van der Waals surface area contributed by atoms with E-state index < -0.39 is 23.4 Å². The highest BCUT2D eigenvalue weighted by molar-refractivity contribution is 6.23. The van der Waals surface area contributed by atoms with E-state index >= 15 is 0 Å². The van der Waals surface area contributed by atoms with Crippen LogP contribution in [0, 0.1) is 0 Å². The lowest BCUT2D eigenvalue weighted by Crippen LogP contribution is -2.26. The van der Waals surface area contributed by atoms with Crippen LogP contribution in [0.1, 0.15) is 29.8 Å². The SMILES string of the molecule is COC1=C(OC)C(=O)C(Cc2cccc(C(=O)Nc3ccc(OC)cc3)c2OC(C)=O)=C(C)C1=O. The van der Waals surface area contributed by atoms with Crippen LogP contribution >= 0.6 is 0 Å². The number of esters is 1. The second-order valence-corrected chi connectivity index (χ2v) is 7.58. The first-order valence-electron chi connectivity index (χ1n) is 10.6. The molecular weight excluding hydrogens is 454 g/mol. The van der Waals surface area contributed by atoms with Crippen molar-refractivity contribution >= 4 is 29.1 Å². The summed E-state index contributed by atoms with van der Waals surface area (Å²) in [4.78, 5) is 50.7. The van der Waals surface area contributed by atoms with Crippen LogP contribution in [0.5, 0.6) is 11.5 Å². The van der Waals surface area contributed by atoms with Gasteiger partial charge in [0.1, 0.15) is 11.5 Å². The molecule has 2 aromatic carbocycles. The minimum absolute atomic E-state index is 0.00737. The summed E-state index contributed by atoms with van der Waals surface area (Å²) in [5.41, 5.74) is 1.28. The molecule has 1 aliphatic carbocycles. The smallest absolute Gasteiger partial charge is 0.308 e. The van der Waals surface area contributed by atoms with E-state index in [0.717, 1.165) is 0 Å². The minimum atomic E-state index is -0.646. The highest BCUT2D eigenvalue weighted by Gasteiger charge is 2.35. The summed E-state index contributed by atoms with van der Waals surface area (Å²) in [7, 11) is 4.08. The lowest BCUT2D eigenvalue weighted by atomic mass is 9.88. The monoisotopic (exact) mass is 479 g/mol. The number of hydrogen-bond acceptors (Lipinski definition) is 8. The van der Waals surface area contributed by atoms with E-state index in [1.807, 2.05) is 0 Å². The molecule has 2 aromatic rings. The molecule has 0 bridgehead atoms. The van der Waals surface area contributed by atoms with Crippen molar-refractivity contribution in [3.8, 4) is 11.5 Å². The Kier molecular flexibility index (Phi) is 7.70. The summed E-state index contributed by atoms with van der Waals surface area (Å²) in [6.45, 7) is 2.71. The van der Waals surface area contributed by atoms with Gasteiger partial charge in [-0.1, -0.05) is 12.1 Å². The third kappa shape index (κ3) is 5.24. The summed E-state index contributed by atoms with van der Waals surface area (Å²) >= 11 is 0. The zero-order chi connectivity index (χ0) is 25.7. The number of carbonyl (C=O) groups excluding carboxylic acids is 4. The highest BCUT2D eigenvalue weighted by atomic mass is 16.5. The van der Waals surface area contributed by atoms with E-state index in [9.17, 15) is 19.2 Å². The number of benzene rings is 2. The second-order valence-electron chi connectivity index (χ2n) is 7.58. The Bertz CT molecular complexity index is 1250. The van der Waals surface area contributed by atoms with Gasteiger partial charge in [0.25, 0.3) is 5.91 Å². The van der Waals surface area contributed by atoms with E-state index in [4.69, 9.17) is 18.9 Å². The van der Waals surface area contributed by atoms with Crippen molar-refractivity contribution in [2.75, 3.05) is 26.6 Å². The Balaban J connectivity index is 2.00. The molecule has 35 heavy (non-hydrogen) atoms. The molecule has 182 valence electrons. The third-order valence-electron chi connectivity index (χ3n) is 5.40. The van der Waals surface area contributed by atoms with Gasteiger partial charge in [0.2, 0.25) is 23.1 Å². The summed E-state index contributed by atoms with van der Waals surface area (Å²) in [5.74, 6) is -1.94. The van der Waals surface area contributed by atoms with Crippen molar-refractivity contribution in [2.24, 2.45) is 0 Å². The first-order chi connectivity index (χ1) is 16.7. The first-order valence-corrected chi connectivity index (χ1v) is 10.6. The van der Waals surface area contributed by atoms with Gasteiger partial charge in [-0.3, -0.25) is 19.2 Å². The molecule has 1 N–H and O–H groups in total. The number of para-hydroxylation sites is 1. The van der Waals surface area contributed by atoms with Crippen molar-refractivity contribution in [1.82, 2.24) is 0 Å². The van der Waals surface area contributed by atoms with Gasteiger partial charge in [0.15, 0.2) is 0 Å². The van der Waals surface area contributed by atoms with E-state index in [1.54, 1.807) is 36.4 Å². The average Bonchev–Trinajstić information content (AvgIpc) is 2.84. The molecule has 3 rings (SSSR count). The molecule has 0 heterocycles. The van der Waals surface area contributed by atoms with Gasteiger partial charge >= 0.3 is 5.97 Å². The van der Waals surface area contributed by atoms with E-state index in [2.05, 4.69) is 5.32 Å². The van der Waals surface area contributed by atoms with Crippen molar-refractivity contribution in [1.29, 1.82) is 0 Å². The molecule has 0 radical (unpaired) electrons. The molecule has 9 heteroatoms. The quantitative estimate of drug-likeness (QED) is 0.348. The Morgan fingerprint density at radius 3 is 2.06 bits per heavy atom. The van der Waals surface area contributed by atoms with Crippen LogP contribution in [-0.4, -0.2) is 44.8 Å². The Morgan fingerprint density at radius 2 is 1.49 bits per heavy atom. The highest BCUT2D eigenvalue weighted by Crippen LogP contribution is 2.33. The number of allylic oxidation sites excluding steroid dienone is 2. The lowest BCUT2D eigenvalue weighted by Gasteiger charge is -2.21. The molecule has 0 fully saturated rings. The van der Waals surface area contributed by atoms with Crippen molar-refractivity contribution in [2.45, 2.75) is 20.3 Å². The van der Waals surface area contributed by atoms with Crippen LogP contribution < -0.4 is 14.8 Å². The van der Waals surface area contributed by atoms with Crippen LogP contribution in [0.25, 0.3) is 0 Å². The topological polar surface area (TPSA) is 117 Å². The van der Waals surface area contributed by atoms with Gasteiger partial charge in [-0.05, 0) is 37.3 Å². The zero-order valence-electron chi connectivity index (χ0n) is 20.0. The van der Waals surface area contributed by atoms with Crippen LogP contribution in [0.15, 0.2) is 65.1 Å². The Morgan fingerprint density at radius 1 is 0.857 bits per heavy atom. The summed E-state index contributed by atoms with van der Waals surface area (Å²) in [6, 6.07) is 11.4. The summed E-state index contributed by atoms with van der Waals surface area (Å²) < 4.78 is 20.7. The van der Waals surface area contributed by atoms with Crippen LogP contribution in [0.4, 0.5) is 5.69 Å². The van der Waals surface area contributed by atoms with E-state index in [1.165, 1.54) is 41.2 Å². The maximum Gasteiger partial charge on any atom is 0.308 e. The first kappa shape index (κ1) is 25.2. The van der Waals surface area contributed by atoms with Gasteiger partial charge in [-0.15, -0.1) is 0 Å². The largest absolute Gasteiger partial charge is 0.497 e. The normalized spacial score (nSPS) is 13.5. The lowest BCUT2D eigenvalue weighted by molar-refractivity contribution is -0.132. The van der Waals surface area contributed by atoms with Crippen LogP contribution in [-0.2, 0) is 30.3 Å². The Labute approximate surface area is 202 Å². The third-order valence-corrected chi connectivity index (χ3v) is 5.40. The van der Waals surface area contributed by atoms with Gasteiger partial charge in [0, 0.05) is 35.7 Å². The second kappa shape index (κ2) is 10.7. The number of ether oxygens (including phenoxy) is 4. The number of anilines is 1. The summed E-state index contributed by atoms with van der Waals surface area (Å²) in [6.07, 6.45) is -0.0769. The molecule has 0 unspecified atom stereocenters. The maximum atomic E-state index is 13.1. The van der Waals surface area contributed by atoms with Crippen LogP contribution in [0.3, 0.4) is 0 Å². The molecule has 0 spiro atoms. The van der Waals surface area contributed by atoms with Crippen molar-refractivity contribution in [3.05, 3.63) is 76.3 Å². The van der Waals surface area contributed by atoms with Crippen LogP contribution in [0.2, 0.25) is 0 Å². The predicted molar refractivity (Wildman–Crippen MR) is 126 cm³/mol. The maximum absolute atomic E-state index is 13.1. The number of rotatable bonds is 8. The van der Waals surface area contributed by atoms with Crippen molar-refractivity contribution < 1.29 is 38.1 Å². The zero-order valence-corrected chi connectivity index (χ0v) is 20.0. The summed E-state index contributed by atoms with van der Waals surface area (Å²) in [5, 5.41) is 2.75. The fraction of sp³-hybridized carbons (Fsp3) is 0.231. The number of Topliss-reactive ketones (excluding diaryl/α,β-unsaturated/α-hetero) is 2. The molecule has 0 saturated carbocycles. The number of ketones is 2. The van der Waals surface area contributed by atoms with E-state index in [-0.39, 0.29) is 40.4 Å².